The molecule has 3 heterocycles. The number of anilines is 1. The van der Waals surface area contributed by atoms with E-state index in [0.29, 0.717) is 16.3 Å². The van der Waals surface area contributed by atoms with Crippen LogP contribution in [-0.2, 0) is 33.4 Å². The molecule has 9 heteroatoms. The van der Waals surface area contributed by atoms with Crippen LogP contribution in [0.15, 0.2) is 30.4 Å². The zero-order chi connectivity index (χ0) is 22.0. The first-order valence-electron chi connectivity index (χ1n) is 9.39. The number of hydrogen-bond donors (Lipinski definition) is 0. The van der Waals surface area contributed by atoms with E-state index in [1.807, 2.05) is 0 Å². The average Bonchev–Trinajstić information content (AvgIpc) is 3.22. The van der Waals surface area contributed by atoms with Gasteiger partial charge in [0.15, 0.2) is 5.60 Å². The Balaban J connectivity index is 1.82. The summed E-state index contributed by atoms with van der Waals surface area (Å²) in [7, 11) is 0. The first kappa shape index (κ1) is 20.6. The van der Waals surface area contributed by atoms with Crippen LogP contribution in [0.25, 0.3) is 0 Å². The predicted octanol–water partition coefficient (Wildman–Crippen LogP) is 2.30. The van der Waals surface area contributed by atoms with E-state index in [-0.39, 0.29) is 0 Å². The van der Waals surface area contributed by atoms with Gasteiger partial charge in [0.25, 0.3) is 6.29 Å². The van der Waals surface area contributed by atoms with Crippen molar-refractivity contribution >= 4 is 41.0 Å². The maximum absolute atomic E-state index is 13.5. The zero-order valence-electron chi connectivity index (χ0n) is 16.8. The highest BCUT2D eigenvalue weighted by molar-refractivity contribution is 6.31. The van der Waals surface area contributed by atoms with Gasteiger partial charge in [-0.15, -0.1) is 0 Å². The van der Waals surface area contributed by atoms with Gasteiger partial charge in [0.2, 0.25) is 11.8 Å². The third kappa shape index (κ3) is 2.78. The van der Waals surface area contributed by atoms with Gasteiger partial charge < -0.3 is 14.2 Å². The quantitative estimate of drug-likeness (QED) is 0.311. The van der Waals surface area contributed by atoms with Gasteiger partial charge in [-0.3, -0.25) is 19.2 Å². The lowest BCUT2D eigenvalue weighted by molar-refractivity contribution is -0.231. The Morgan fingerprint density at radius 1 is 1.10 bits per heavy atom. The Hall–Kier alpha value is -2.71. The molecule has 2 saturated heterocycles. The molecule has 30 heavy (non-hydrogen) atoms. The van der Waals surface area contributed by atoms with Crippen LogP contribution < -0.4 is 4.90 Å². The molecule has 8 nitrogen and oxygen atoms in total. The van der Waals surface area contributed by atoms with Gasteiger partial charge in [-0.05, 0) is 37.6 Å². The van der Waals surface area contributed by atoms with Crippen molar-refractivity contribution < 1.29 is 33.4 Å². The number of benzene rings is 1. The zero-order valence-corrected chi connectivity index (χ0v) is 17.6. The Bertz CT molecular complexity index is 1000. The van der Waals surface area contributed by atoms with Crippen molar-refractivity contribution in [1.82, 2.24) is 0 Å². The summed E-state index contributed by atoms with van der Waals surface area (Å²) in [5.74, 6) is -4.33. The van der Waals surface area contributed by atoms with E-state index in [0.717, 1.165) is 18.7 Å². The van der Waals surface area contributed by atoms with E-state index >= 15 is 0 Å². The molecule has 4 rings (SSSR count). The van der Waals surface area contributed by atoms with Crippen LogP contribution in [0.1, 0.15) is 26.3 Å². The summed E-state index contributed by atoms with van der Waals surface area (Å²) >= 11 is 6.10. The molecule has 0 aliphatic carbocycles. The number of amides is 2. The normalized spacial score (nSPS) is 31.5. The Labute approximate surface area is 177 Å². The van der Waals surface area contributed by atoms with E-state index in [1.54, 1.807) is 44.2 Å². The fourth-order valence-corrected chi connectivity index (χ4v) is 4.79. The van der Waals surface area contributed by atoms with E-state index in [1.165, 1.54) is 0 Å². The van der Waals surface area contributed by atoms with E-state index in [2.05, 4.69) is 0 Å². The van der Waals surface area contributed by atoms with Gasteiger partial charge in [0.1, 0.15) is 0 Å². The Morgan fingerprint density at radius 2 is 1.70 bits per heavy atom. The molecule has 3 aliphatic heterocycles. The van der Waals surface area contributed by atoms with Crippen molar-refractivity contribution in [3.63, 3.8) is 0 Å². The number of esters is 2. The smallest absolute Gasteiger partial charge is 0.305 e. The average molecular weight is 434 g/mol. The third-order valence-corrected chi connectivity index (χ3v) is 6.04. The number of ether oxygens (including phenoxy) is 3. The molecular weight excluding hydrogens is 414 g/mol. The summed E-state index contributed by atoms with van der Waals surface area (Å²) < 4.78 is 16.5. The van der Waals surface area contributed by atoms with Gasteiger partial charge in [0.05, 0.1) is 23.1 Å². The topological polar surface area (TPSA) is 99.2 Å². The van der Waals surface area contributed by atoms with Crippen LogP contribution in [0.2, 0.25) is 5.02 Å². The van der Waals surface area contributed by atoms with Crippen LogP contribution in [0, 0.1) is 18.8 Å². The van der Waals surface area contributed by atoms with Crippen LogP contribution in [0.4, 0.5) is 5.69 Å². The summed E-state index contributed by atoms with van der Waals surface area (Å²) in [6.07, 6.45) is 1.68. The van der Waals surface area contributed by atoms with Crippen molar-refractivity contribution in [2.24, 2.45) is 11.8 Å². The molecular formula is C21H20ClNO7. The van der Waals surface area contributed by atoms with Crippen molar-refractivity contribution in [2.75, 3.05) is 4.90 Å². The second-order valence-electron chi connectivity index (χ2n) is 7.92. The number of rotatable bonds is 4. The number of nitrogens with zero attached hydrogens (tertiary/aromatic N) is 1. The summed E-state index contributed by atoms with van der Waals surface area (Å²) in [6.45, 7) is 5.75. The molecule has 158 valence electrons. The second-order valence-corrected chi connectivity index (χ2v) is 8.36. The maximum atomic E-state index is 13.5. The van der Waals surface area contributed by atoms with Crippen LogP contribution in [0.3, 0.4) is 0 Å². The molecule has 1 aromatic carbocycles. The minimum Gasteiger partial charge on any atom is -0.422 e. The molecule has 2 amide bonds. The van der Waals surface area contributed by atoms with E-state index < -0.39 is 53.1 Å². The highest BCUT2D eigenvalue weighted by Crippen LogP contribution is 2.59. The number of halogens is 1. The van der Waals surface area contributed by atoms with Gasteiger partial charge >= 0.3 is 11.9 Å². The molecule has 4 unspecified atom stereocenters. The minimum absolute atomic E-state index is 0.376. The molecule has 2 bridgehead atoms. The monoisotopic (exact) mass is 433 g/mol. The fourth-order valence-electron chi connectivity index (χ4n) is 4.62. The highest BCUT2D eigenvalue weighted by atomic mass is 35.5. The number of carbonyl (C=O) groups is 4. The summed E-state index contributed by atoms with van der Waals surface area (Å²) in [4.78, 5) is 51.4. The molecule has 0 saturated carbocycles. The largest absolute Gasteiger partial charge is 0.422 e. The van der Waals surface area contributed by atoms with Crippen molar-refractivity contribution in [1.29, 1.82) is 0 Å². The van der Waals surface area contributed by atoms with Crippen LogP contribution >= 0.6 is 11.6 Å². The fraction of sp³-hybridized carbons (Fsp3) is 0.429. The molecule has 4 atom stereocenters. The third-order valence-electron chi connectivity index (χ3n) is 5.81. The molecule has 0 aromatic heterocycles. The van der Waals surface area contributed by atoms with E-state index in [9.17, 15) is 19.2 Å². The van der Waals surface area contributed by atoms with Crippen molar-refractivity contribution in [2.45, 2.75) is 45.2 Å². The lowest BCUT2D eigenvalue weighted by atomic mass is 9.72. The van der Waals surface area contributed by atoms with Gasteiger partial charge in [0, 0.05) is 18.9 Å². The SMILES string of the molecule is CC(=O)OC(OC(C)=O)C12C=CC(C)(O1)C1C(=O)N(c3cc(Cl)ccc3C)C(=O)C12. The summed E-state index contributed by atoms with van der Waals surface area (Å²) in [6, 6.07) is 4.93. The van der Waals surface area contributed by atoms with Crippen LogP contribution in [-0.4, -0.2) is 41.2 Å². The summed E-state index contributed by atoms with van der Waals surface area (Å²) in [5.41, 5.74) is -1.67. The number of fused-ring (bicyclic) bond motifs is 5. The van der Waals surface area contributed by atoms with E-state index in [4.69, 9.17) is 25.8 Å². The number of aryl methyl sites for hydroxylation is 1. The molecule has 1 aromatic rings. The molecule has 3 aliphatic rings. The van der Waals surface area contributed by atoms with Gasteiger partial charge in [-0.1, -0.05) is 23.7 Å². The van der Waals surface area contributed by atoms with Crippen molar-refractivity contribution in [3.8, 4) is 0 Å². The number of carbonyl (C=O) groups excluding carboxylic acids is 4. The molecule has 0 N–H and O–H groups in total. The number of imide groups is 1. The molecule has 0 spiro atoms. The predicted molar refractivity (Wildman–Crippen MR) is 104 cm³/mol. The van der Waals surface area contributed by atoms with Gasteiger partial charge in [-0.25, -0.2) is 4.90 Å². The number of hydrogen-bond acceptors (Lipinski definition) is 7. The van der Waals surface area contributed by atoms with Gasteiger partial charge in [-0.2, -0.15) is 0 Å². The molecule has 2 fully saturated rings. The first-order chi connectivity index (χ1) is 14.0. The lowest BCUT2D eigenvalue weighted by Crippen LogP contribution is -2.52. The minimum atomic E-state index is -1.61. The second kappa shape index (κ2) is 6.65. The molecule has 0 radical (unpaired) electrons. The lowest BCUT2D eigenvalue weighted by Gasteiger charge is -2.34. The standard InChI is InChI=1S/C21H20ClNO7/c1-10-5-6-13(22)9-14(10)23-17(26)15-16(18(23)27)21(8-7-20(15,4)30-21)19(28-11(2)24)29-12(3)25/h5-9,15-16,19H,1-4H3. The first-order valence-corrected chi connectivity index (χ1v) is 9.77. The maximum Gasteiger partial charge on any atom is 0.305 e. The van der Waals surface area contributed by atoms with Crippen molar-refractivity contribution in [3.05, 3.63) is 40.9 Å². The summed E-state index contributed by atoms with van der Waals surface area (Å²) in [5, 5.41) is 0.379. The van der Waals surface area contributed by atoms with Crippen LogP contribution in [0.5, 0.6) is 0 Å². The Kier molecular flexibility index (Phi) is 4.56. The Morgan fingerprint density at radius 3 is 2.30 bits per heavy atom. The highest BCUT2D eigenvalue weighted by Gasteiger charge is 2.76.